The second-order valence-corrected chi connectivity index (χ2v) is 5.06. The van der Waals surface area contributed by atoms with Crippen molar-refractivity contribution in [2.45, 2.75) is 18.4 Å². The monoisotopic (exact) mass is 303 g/mol. The lowest BCUT2D eigenvalue weighted by Gasteiger charge is -2.14. The van der Waals surface area contributed by atoms with Gasteiger partial charge in [0.2, 0.25) is 0 Å². The molecule has 2 aromatic rings. The van der Waals surface area contributed by atoms with Crippen LogP contribution in [0, 0.1) is 11.6 Å². The van der Waals surface area contributed by atoms with E-state index in [0.29, 0.717) is 0 Å². The fourth-order valence-electron chi connectivity index (χ4n) is 2.66. The van der Waals surface area contributed by atoms with E-state index in [4.69, 9.17) is 0 Å². The first-order valence-corrected chi connectivity index (χ1v) is 6.64. The van der Waals surface area contributed by atoms with Crippen LogP contribution in [0.15, 0.2) is 36.5 Å². The lowest BCUT2D eigenvalue weighted by atomic mass is 9.87. The van der Waals surface area contributed by atoms with Crippen LogP contribution in [0.1, 0.15) is 40.1 Å². The van der Waals surface area contributed by atoms with Crippen LogP contribution in [0.2, 0.25) is 0 Å². The van der Waals surface area contributed by atoms with E-state index in [0.717, 1.165) is 6.07 Å². The molecular weight excluding hydrogens is 292 g/mol. The minimum absolute atomic E-state index is 0.0505. The van der Waals surface area contributed by atoms with Gasteiger partial charge < -0.3 is 5.11 Å². The van der Waals surface area contributed by atoms with E-state index in [1.807, 2.05) is 0 Å². The van der Waals surface area contributed by atoms with Crippen molar-refractivity contribution in [1.82, 2.24) is 4.98 Å². The lowest BCUT2D eigenvalue weighted by Crippen LogP contribution is -2.22. The molecule has 0 aliphatic heterocycles. The van der Waals surface area contributed by atoms with Gasteiger partial charge in [-0.3, -0.25) is 14.6 Å². The van der Waals surface area contributed by atoms with E-state index < -0.39 is 35.2 Å². The zero-order valence-electron chi connectivity index (χ0n) is 11.3. The van der Waals surface area contributed by atoms with Crippen molar-refractivity contribution in [1.29, 1.82) is 0 Å². The van der Waals surface area contributed by atoms with Crippen molar-refractivity contribution in [3.8, 4) is 0 Å². The number of carbonyl (C=O) groups is 2. The summed E-state index contributed by atoms with van der Waals surface area (Å²) in [5, 5.41) is 10.0. The van der Waals surface area contributed by atoms with Crippen LogP contribution in [-0.2, 0) is 4.79 Å². The number of aliphatic hydroxyl groups excluding tert-OH is 1. The third-order valence-electron chi connectivity index (χ3n) is 3.69. The molecule has 1 aromatic heterocycles. The maximum Gasteiger partial charge on any atom is 0.179 e. The number of hydrogen-bond acceptors (Lipinski definition) is 4. The van der Waals surface area contributed by atoms with Crippen molar-refractivity contribution < 1.29 is 23.5 Å². The summed E-state index contributed by atoms with van der Waals surface area (Å²) < 4.78 is 27.4. The van der Waals surface area contributed by atoms with Crippen LogP contribution in [0.5, 0.6) is 0 Å². The Balaban J connectivity index is 2.18. The number of hydrogen-bond donors (Lipinski definition) is 1. The number of carbonyl (C=O) groups excluding carboxylic acids is 2. The van der Waals surface area contributed by atoms with Gasteiger partial charge in [0, 0.05) is 23.7 Å². The number of rotatable bonds is 1. The van der Waals surface area contributed by atoms with E-state index in [2.05, 4.69) is 4.98 Å². The Morgan fingerprint density at radius 2 is 1.91 bits per heavy atom. The second kappa shape index (κ2) is 5.38. The summed E-state index contributed by atoms with van der Waals surface area (Å²) in [5.74, 6) is -5.18. The van der Waals surface area contributed by atoms with Gasteiger partial charge in [-0.25, -0.2) is 8.78 Å². The summed E-state index contributed by atoms with van der Waals surface area (Å²) in [6.07, 6.45) is -0.228. The Kier molecular flexibility index (Phi) is 3.54. The van der Waals surface area contributed by atoms with E-state index in [1.54, 1.807) is 0 Å². The Morgan fingerprint density at radius 1 is 1.14 bits per heavy atom. The van der Waals surface area contributed by atoms with Gasteiger partial charge in [0.05, 0.1) is 5.69 Å². The average molecular weight is 303 g/mol. The van der Waals surface area contributed by atoms with Gasteiger partial charge in [0.25, 0.3) is 0 Å². The van der Waals surface area contributed by atoms with Crippen molar-refractivity contribution in [3.05, 3.63) is 65.0 Å². The highest BCUT2D eigenvalue weighted by Gasteiger charge is 2.38. The van der Waals surface area contributed by atoms with Crippen LogP contribution < -0.4 is 0 Å². The number of benzene rings is 1. The number of Topliss-reactive ketones (excluding diaryl/α,β-unsaturated/α-hetero) is 2. The number of fused-ring (bicyclic) bond motifs is 1. The van der Waals surface area contributed by atoms with Gasteiger partial charge in [0.15, 0.2) is 23.2 Å². The third-order valence-corrected chi connectivity index (χ3v) is 3.69. The molecule has 6 heteroatoms. The predicted molar refractivity (Wildman–Crippen MR) is 72.3 cm³/mol. The van der Waals surface area contributed by atoms with Crippen molar-refractivity contribution in [3.63, 3.8) is 0 Å². The average Bonchev–Trinajstić information content (AvgIpc) is 2.59. The van der Waals surface area contributed by atoms with E-state index >= 15 is 0 Å². The summed E-state index contributed by atoms with van der Waals surface area (Å²) >= 11 is 0. The molecule has 1 aliphatic rings. The molecule has 0 bridgehead atoms. The molecule has 4 nitrogen and oxygen atoms in total. The summed E-state index contributed by atoms with van der Waals surface area (Å²) in [6, 6.07) is 6.25. The molecular formula is C16H11F2NO3. The van der Waals surface area contributed by atoms with Crippen LogP contribution >= 0.6 is 0 Å². The van der Waals surface area contributed by atoms with Gasteiger partial charge in [-0.2, -0.15) is 0 Å². The number of pyridine rings is 1. The van der Waals surface area contributed by atoms with Crippen molar-refractivity contribution >= 4 is 11.6 Å². The molecule has 3 rings (SSSR count). The standard InChI is InChI=1S/C16H11F2NO3/c17-10-5-1-3-8(14(10)18)13-11(20)7-12(21)15-9(16(13)22)4-2-6-19-15/h1-6,12-13,21H,7H2/t12-,13+/m1/s1. The zero-order valence-corrected chi connectivity index (χ0v) is 11.3. The molecule has 1 heterocycles. The smallest absolute Gasteiger partial charge is 0.179 e. The third kappa shape index (κ3) is 2.21. The number of halogens is 2. The van der Waals surface area contributed by atoms with Gasteiger partial charge in [0.1, 0.15) is 12.0 Å². The fraction of sp³-hybridized carbons (Fsp3) is 0.188. The van der Waals surface area contributed by atoms with Crippen LogP contribution in [0.3, 0.4) is 0 Å². The Labute approximate surface area is 124 Å². The SMILES string of the molecule is O=C1C[C@@H](O)c2ncccc2C(=O)[C@H]1c1cccc(F)c1F. The molecule has 1 aliphatic carbocycles. The first kappa shape index (κ1) is 14.5. The Morgan fingerprint density at radius 3 is 2.68 bits per heavy atom. The largest absolute Gasteiger partial charge is 0.386 e. The minimum atomic E-state index is -1.48. The predicted octanol–water partition coefficient (Wildman–Crippen LogP) is 2.33. The molecule has 0 saturated carbocycles. The van der Waals surface area contributed by atoms with Crippen molar-refractivity contribution in [2.24, 2.45) is 0 Å². The quantitative estimate of drug-likeness (QED) is 0.648. The zero-order chi connectivity index (χ0) is 15.9. The van der Waals surface area contributed by atoms with Crippen LogP contribution in [0.25, 0.3) is 0 Å². The number of nitrogens with zero attached hydrogens (tertiary/aromatic N) is 1. The molecule has 0 amide bonds. The van der Waals surface area contributed by atoms with Gasteiger partial charge in [-0.15, -0.1) is 0 Å². The first-order chi connectivity index (χ1) is 10.5. The fourth-order valence-corrected chi connectivity index (χ4v) is 2.66. The minimum Gasteiger partial charge on any atom is -0.386 e. The van der Waals surface area contributed by atoms with Gasteiger partial charge in [-0.05, 0) is 18.2 Å². The molecule has 22 heavy (non-hydrogen) atoms. The molecule has 112 valence electrons. The molecule has 0 fully saturated rings. The Hall–Kier alpha value is -2.47. The molecule has 0 spiro atoms. The molecule has 1 N–H and O–H groups in total. The topological polar surface area (TPSA) is 67.3 Å². The van der Waals surface area contributed by atoms with Crippen LogP contribution in [0.4, 0.5) is 8.78 Å². The lowest BCUT2D eigenvalue weighted by molar-refractivity contribution is -0.121. The summed E-state index contributed by atoms with van der Waals surface area (Å²) in [6.45, 7) is 0. The number of aromatic nitrogens is 1. The highest BCUT2D eigenvalue weighted by Crippen LogP contribution is 2.34. The van der Waals surface area contributed by atoms with Crippen molar-refractivity contribution in [2.75, 3.05) is 0 Å². The van der Waals surface area contributed by atoms with E-state index in [1.165, 1.54) is 30.5 Å². The first-order valence-electron chi connectivity index (χ1n) is 6.64. The number of ketones is 2. The maximum atomic E-state index is 14.0. The highest BCUT2D eigenvalue weighted by atomic mass is 19.2. The summed E-state index contributed by atoms with van der Waals surface area (Å²) in [5.41, 5.74) is -0.187. The van der Waals surface area contributed by atoms with Gasteiger partial charge in [-0.1, -0.05) is 12.1 Å². The molecule has 0 radical (unpaired) electrons. The van der Waals surface area contributed by atoms with E-state index in [-0.39, 0.29) is 23.2 Å². The number of aliphatic hydroxyl groups is 1. The highest BCUT2D eigenvalue weighted by molar-refractivity contribution is 6.16. The summed E-state index contributed by atoms with van der Waals surface area (Å²) in [7, 11) is 0. The molecule has 0 saturated heterocycles. The maximum absolute atomic E-state index is 14.0. The van der Waals surface area contributed by atoms with Gasteiger partial charge >= 0.3 is 0 Å². The molecule has 0 unspecified atom stereocenters. The second-order valence-electron chi connectivity index (χ2n) is 5.06. The molecule has 1 aromatic carbocycles. The van der Waals surface area contributed by atoms with E-state index in [9.17, 15) is 23.5 Å². The normalized spacial score (nSPS) is 21.4. The Bertz CT molecular complexity index is 776. The summed E-state index contributed by atoms with van der Waals surface area (Å²) in [4.78, 5) is 28.8. The van der Waals surface area contributed by atoms with Crippen LogP contribution in [-0.4, -0.2) is 21.7 Å². The molecule has 2 atom stereocenters.